The van der Waals surface area contributed by atoms with Gasteiger partial charge in [0.2, 0.25) is 5.91 Å². The topological polar surface area (TPSA) is 82.4 Å². The summed E-state index contributed by atoms with van der Waals surface area (Å²) < 4.78 is 5.06. The van der Waals surface area contributed by atoms with E-state index in [9.17, 15) is 14.9 Å². The van der Waals surface area contributed by atoms with Crippen molar-refractivity contribution in [1.29, 1.82) is 5.26 Å². The number of nitriles is 1. The average Bonchev–Trinajstić information content (AvgIpc) is 3.04. The van der Waals surface area contributed by atoms with Gasteiger partial charge in [0.05, 0.1) is 18.7 Å². The lowest BCUT2D eigenvalue weighted by atomic mass is 10.0. The molecule has 0 radical (unpaired) electrons. The van der Waals surface area contributed by atoms with Gasteiger partial charge in [0.15, 0.2) is 0 Å². The minimum Gasteiger partial charge on any atom is -0.450 e. The summed E-state index contributed by atoms with van der Waals surface area (Å²) in [5.41, 5.74) is 1.45. The molecule has 6 nitrogen and oxygen atoms in total. The molecule has 0 unspecified atom stereocenters. The molecule has 8 heteroatoms. The van der Waals surface area contributed by atoms with Gasteiger partial charge in [0.1, 0.15) is 11.1 Å². The Labute approximate surface area is 172 Å². The number of benzene rings is 1. The van der Waals surface area contributed by atoms with Gasteiger partial charge in [0, 0.05) is 28.5 Å². The minimum atomic E-state index is -0.344. The van der Waals surface area contributed by atoms with Gasteiger partial charge in [0.25, 0.3) is 0 Å². The van der Waals surface area contributed by atoms with Crippen LogP contribution in [-0.2, 0) is 22.5 Å². The minimum absolute atomic E-state index is 0.110. The first-order valence-electron chi connectivity index (χ1n) is 9.06. The molecule has 3 rings (SSSR count). The summed E-state index contributed by atoms with van der Waals surface area (Å²) in [6.07, 6.45) is 0.610. The lowest BCUT2D eigenvalue weighted by Gasteiger charge is -2.25. The van der Waals surface area contributed by atoms with Gasteiger partial charge in [-0.1, -0.05) is 18.2 Å². The zero-order valence-corrected chi connectivity index (χ0v) is 17.2. The normalized spacial score (nSPS) is 12.8. The number of hydrogen-bond donors (Lipinski definition) is 1. The number of amides is 2. The van der Waals surface area contributed by atoms with E-state index in [0.717, 1.165) is 15.3 Å². The number of ether oxygens (including phenoxy) is 1. The highest BCUT2D eigenvalue weighted by Crippen LogP contribution is 2.37. The number of nitrogens with zero attached hydrogens (tertiary/aromatic N) is 2. The van der Waals surface area contributed by atoms with Crippen LogP contribution >= 0.6 is 23.1 Å². The molecular weight excluding hydrogens is 394 g/mol. The maximum absolute atomic E-state index is 12.3. The number of thiophene rings is 1. The van der Waals surface area contributed by atoms with Gasteiger partial charge in [-0.15, -0.1) is 23.1 Å². The number of thioether (sulfide) groups is 1. The molecule has 0 bridgehead atoms. The Balaban J connectivity index is 1.61. The van der Waals surface area contributed by atoms with Crippen molar-refractivity contribution in [3.63, 3.8) is 0 Å². The van der Waals surface area contributed by atoms with Crippen LogP contribution in [0.15, 0.2) is 35.2 Å². The Hall–Kier alpha value is -2.50. The zero-order chi connectivity index (χ0) is 19.9. The number of rotatable bonds is 6. The molecule has 0 saturated heterocycles. The Morgan fingerprint density at radius 3 is 2.86 bits per heavy atom. The molecule has 1 aliphatic heterocycles. The van der Waals surface area contributed by atoms with Crippen molar-refractivity contribution in [3.8, 4) is 6.07 Å². The fourth-order valence-electron chi connectivity index (χ4n) is 2.95. The van der Waals surface area contributed by atoms with Crippen molar-refractivity contribution in [2.45, 2.75) is 31.2 Å². The Morgan fingerprint density at radius 2 is 2.14 bits per heavy atom. The SMILES string of the molecule is CCOC(=O)N1CCc2c(sc(NC(=O)CCSc3ccccc3)c2C#N)C1. The van der Waals surface area contributed by atoms with Gasteiger partial charge in [-0.25, -0.2) is 4.79 Å². The van der Waals surface area contributed by atoms with Gasteiger partial charge in [-0.05, 0) is 31.0 Å². The smallest absolute Gasteiger partial charge is 0.410 e. The first-order valence-corrected chi connectivity index (χ1v) is 10.9. The molecule has 0 fully saturated rings. The molecule has 1 aromatic heterocycles. The molecule has 2 aromatic rings. The summed E-state index contributed by atoms with van der Waals surface area (Å²) in [4.78, 5) is 28.0. The van der Waals surface area contributed by atoms with E-state index >= 15 is 0 Å². The van der Waals surface area contributed by atoms with Gasteiger partial charge >= 0.3 is 6.09 Å². The van der Waals surface area contributed by atoms with E-state index < -0.39 is 0 Å². The third kappa shape index (κ3) is 4.86. The maximum Gasteiger partial charge on any atom is 0.410 e. The van der Waals surface area contributed by atoms with Crippen molar-refractivity contribution in [3.05, 3.63) is 46.3 Å². The second-order valence-electron chi connectivity index (χ2n) is 6.15. The molecule has 2 heterocycles. The molecule has 1 aliphatic rings. The lowest BCUT2D eigenvalue weighted by Crippen LogP contribution is -2.35. The molecule has 28 heavy (non-hydrogen) atoms. The van der Waals surface area contributed by atoms with Crippen molar-refractivity contribution in [2.24, 2.45) is 0 Å². The molecule has 0 saturated carbocycles. The van der Waals surface area contributed by atoms with Gasteiger partial charge in [-0.2, -0.15) is 5.26 Å². The van der Waals surface area contributed by atoms with Crippen LogP contribution < -0.4 is 5.32 Å². The Bertz CT molecular complexity index is 890. The number of hydrogen-bond acceptors (Lipinski definition) is 6. The summed E-state index contributed by atoms with van der Waals surface area (Å²) in [6.45, 7) is 3.03. The number of anilines is 1. The summed E-state index contributed by atoms with van der Waals surface area (Å²) >= 11 is 3.00. The van der Waals surface area contributed by atoms with E-state index in [2.05, 4.69) is 11.4 Å². The molecule has 146 valence electrons. The van der Waals surface area contributed by atoms with E-state index in [1.807, 2.05) is 30.3 Å². The largest absolute Gasteiger partial charge is 0.450 e. The van der Waals surface area contributed by atoms with E-state index in [0.29, 0.717) is 48.9 Å². The van der Waals surface area contributed by atoms with Crippen molar-refractivity contribution >= 4 is 40.1 Å². The molecule has 1 aromatic carbocycles. The molecular formula is C20H21N3O3S2. The summed E-state index contributed by atoms with van der Waals surface area (Å²) in [5, 5.41) is 13.0. The van der Waals surface area contributed by atoms with Crippen LogP contribution in [0.5, 0.6) is 0 Å². The molecule has 0 spiro atoms. The first kappa shape index (κ1) is 20.2. The predicted octanol–water partition coefficient (Wildman–Crippen LogP) is 4.26. The van der Waals surface area contributed by atoms with Crippen LogP contribution in [0.3, 0.4) is 0 Å². The number of nitrogens with one attached hydrogen (secondary N) is 1. The fraction of sp³-hybridized carbons (Fsp3) is 0.350. The lowest BCUT2D eigenvalue weighted by molar-refractivity contribution is -0.115. The van der Waals surface area contributed by atoms with Crippen LogP contribution in [0, 0.1) is 11.3 Å². The van der Waals surface area contributed by atoms with E-state index in [1.54, 1.807) is 23.6 Å². The molecule has 0 atom stereocenters. The molecule has 1 N–H and O–H groups in total. The second-order valence-corrected chi connectivity index (χ2v) is 8.42. The standard InChI is InChI=1S/C20H21N3O3S2/c1-2-26-20(25)23-10-8-15-16(12-21)19(28-17(15)13-23)22-18(24)9-11-27-14-6-4-3-5-7-14/h3-7H,2,8-11,13H2,1H3,(H,22,24). The summed E-state index contributed by atoms with van der Waals surface area (Å²) in [6, 6.07) is 12.1. The highest BCUT2D eigenvalue weighted by Gasteiger charge is 2.28. The number of carbonyl (C=O) groups is 2. The highest BCUT2D eigenvalue weighted by atomic mass is 32.2. The zero-order valence-electron chi connectivity index (χ0n) is 15.6. The Kier molecular flexibility index (Phi) is 6.95. The van der Waals surface area contributed by atoms with Crippen LogP contribution in [0.25, 0.3) is 0 Å². The maximum atomic E-state index is 12.3. The van der Waals surface area contributed by atoms with Crippen LogP contribution in [-0.4, -0.2) is 35.8 Å². The molecule has 0 aliphatic carbocycles. The summed E-state index contributed by atoms with van der Waals surface area (Å²) in [5.74, 6) is 0.556. The van der Waals surface area contributed by atoms with Crippen molar-refractivity contribution < 1.29 is 14.3 Å². The third-order valence-corrected chi connectivity index (χ3v) is 6.43. The van der Waals surface area contributed by atoms with E-state index in [1.165, 1.54) is 11.3 Å². The van der Waals surface area contributed by atoms with Crippen LogP contribution in [0.2, 0.25) is 0 Å². The molecule has 2 amide bonds. The third-order valence-electron chi connectivity index (χ3n) is 4.29. The van der Waals surface area contributed by atoms with Gasteiger partial charge < -0.3 is 15.0 Å². The average molecular weight is 416 g/mol. The van der Waals surface area contributed by atoms with Crippen molar-refractivity contribution in [2.75, 3.05) is 24.2 Å². The fourth-order valence-corrected chi connectivity index (χ4v) is 5.05. The van der Waals surface area contributed by atoms with E-state index in [4.69, 9.17) is 4.74 Å². The number of carbonyl (C=O) groups excluding carboxylic acids is 2. The van der Waals surface area contributed by atoms with Crippen LogP contribution in [0.1, 0.15) is 29.3 Å². The van der Waals surface area contributed by atoms with Gasteiger partial charge in [-0.3, -0.25) is 4.79 Å². The second kappa shape index (κ2) is 9.62. The first-order chi connectivity index (χ1) is 13.6. The van der Waals surface area contributed by atoms with E-state index in [-0.39, 0.29) is 12.0 Å². The quantitative estimate of drug-likeness (QED) is 0.713. The monoisotopic (exact) mass is 415 g/mol. The predicted molar refractivity (Wildman–Crippen MR) is 111 cm³/mol. The highest BCUT2D eigenvalue weighted by molar-refractivity contribution is 7.99. The summed E-state index contributed by atoms with van der Waals surface area (Å²) in [7, 11) is 0. The van der Waals surface area contributed by atoms with Crippen molar-refractivity contribution in [1.82, 2.24) is 4.90 Å². The van der Waals surface area contributed by atoms with Crippen LogP contribution in [0.4, 0.5) is 9.80 Å². The number of fused-ring (bicyclic) bond motifs is 1. The Morgan fingerprint density at radius 1 is 1.36 bits per heavy atom.